The van der Waals surface area contributed by atoms with E-state index in [1.807, 2.05) is 39.8 Å². The number of furan rings is 1. The minimum atomic E-state index is -0.509. The van der Waals surface area contributed by atoms with E-state index in [9.17, 15) is 9.59 Å². The first kappa shape index (κ1) is 22.9. The largest absolute Gasteiger partial charge is 0.486 e. The van der Waals surface area contributed by atoms with Crippen molar-refractivity contribution in [2.45, 2.75) is 60.0 Å². The average molecular weight is 449 g/mol. The second-order valence-electron chi connectivity index (χ2n) is 9.00. The van der Waals surface area contributed by atoms with E-state index < -0.39 is 5.60 Å². The molecule has 0 saturated carbocycles. The van der Waals surface area contributed by atoms with Crippen molar-refractivity contribution in [1.29, 1.82) is 0 Å². The van der Waals surface area contributed by atoms with Crippen molar-refractivity contribution in [2.75, 3.05) is 23.3 Å². The lowest BCUT2D eigenvalue weighted by molar-refractivity contribution is 0.0503. The number of aryl methyl sites for hydroxylation is 2. The smallest absolute Gasteiger partial charge is 0.291 e. The second-order valence-corrected chi connectivity index (χ2v) is 9.00. The fourth-order valence-corrected chi connectivity index (χ4v) is 4.58. The summed E-state index contributed by atoms with van der Waals surface area (Å²) in [5.41, 5.74) is 4.00. The number of Topliss-reactive ketones (excluding diaryl/α,β-unsaturated/α-hetero) is 1. The zero-order valence-electron chi connectivity index (χ0n) is 20.3. The van der Waals surface area contributed by atoms with Gasteiger partial charge in [0.1, 0.15) is 16.9 Å². The molecule has 2 heterocycles. The summed E-state index contributed by atoms with van der Waals surface area (Å²) in [7, 11) is 0. The van der Waals surface area contributed by atoms with Gasteiger partial charge < -0.3 is 19.4 Å². The second kappa shape index (κ2) is 8.58. The van der Waals surface area contributed by atoms with E-state index in [0.29, 0.717) is 34.3 Å². The lowest BCUT2D eigenvalue weighted by Gasteiger charge is -2.34. The lowest BCUT2D eigenvalue weighted by Crippen LogP contribution is -2.38. The van der Waals surface area contributed by atoms with Gasteiger partial charge in [0.2, 0.25) is 0 Å². The van der Waals surface area contributed by atoms with Crippen molar-refractivity contribution in [3.8, 4) is 5.75 Å². The molecule has 174 valence electrons. The number of anilines is 2. The maximum atomic E-state index is 13.2. The predicted octanol–water partition coefficient (Wildman–Crippen LogP) is 6.28. The van der Waals surface area contributed by atoms with Crippen molar-refractivity contribution < 1.29 is 18.7 Å². The normalized spacial score (nSPS) is 17.6. The number of hydrogen-bond acceptors (Lipinski definition) is 5. The summed E-state index contributed by atoms with van der Waals surface area (Å²) in [6.45, 7) is 13.8. The molecule has 0 spiro atoms. The van der Waals surface area contributed by atoms with Gasteiger partial charge in [-0.1, -0.05) is 6.92 Å². The standard InChI is InChI=1S/C27H32N2O4/c1-7-27(6)15-20(30)24-22(33-27)13-12-21-23(24)17(5)25(32-21)26(31)28-19-11-10-18(14-16(19)4)29(8-2)9-3/h10-14H,7-9,15H2,1-6H3,(H,28,31)/t27-/m1/s1. The predicted molar refractivity (Wildman–Crippen MR) is 132 cm³/mol. The minimum Gasteiger partial charge on any atom is -0.486 e. The number of ketones is 1. The van der Waals surface area contributed by atoms with Crippen LogP contribution in [0.3, 0.4) is 0 Å². The molecule has 0 radical (unpaired) electrons. The molecule has 1 N–H and O–H groups in total. The third-order valence-corrected chi connectivity index (χ3v) is 6.77. The fourth-order valence-electron chi connectivity index (χ4n) is 4.58. The number of amides is 1. The van der Waals surface area contributed by atoms with Crippen molar-refractivity contribution in [3.05, 3.63) is 52.8 Å². The van der Waals surface area contributed by atoms with Crippen LogP contribution in [0, 0.1) is 13.8 Å². The average Bonchev–Trinajstić information content (AvgIpc) is 3.12. The number of fused-ring (bicyclic) bond motifs is 3. The van der Waals surface area contributed by atoms with Crippen LogP contribution in [0.2, 0.25) is 0 Å². The maximum Gasteiger partial charge on any atom is 0.291 e. The van der Waals surface area contributed by atoms with Crippen LogP contribution < -0.4 is 15.0 Å². The third-order valence-electron chi connectivity index (χ3n) is 6.77. The summed E-state index contributed by atoms with van der Waals surface area (Å²) in [5, 5.41) is 3.64. The van der Waals surface area contributed by atoms with E-state index in [4.69, 9.17) is 9.15 Å². The van der Waals surface area contributed by atoms with E-state index in [0.717, 1.165) is 36.4 Å². The van der Waals surface area contributed by atoms with Crippen molar-refractivity contribution >= 4 is 34.0 Å². The molecule has 0 saturated heterocycles. The van der Waals surface area contributed by atoms with Crippen LogP contribution in [0.5, 0.6) is 5.75 Å². The molecule has 1 atom stereocenters. The Hall–Kier alpha value is -3.28. The molecule has 1 aromatic heterocycles. The first-order valence-electron chi connectivity index (χ1n) is 11.7. The van der Waals surface area contributed by atoms with Crippen LogP contribution in [-0.4, -0.2) is 30.4 Å². The van der Waals surface area contributed by atoms with Gasteiger partial charge in [-0.05, 0) is 76.9 Å². The summed E-state index contributed by atoms with van der Waals surface area (Å²) in [6, 6.07) is 9.55. The molecule has 0 bridgehead atoms. The van der Waals surface area contributed by atoms with E-state index >= 15 is 0 Å². The van der Waals surface area contributed by atoms with Crippen LogP contribution in [0.1, 0.15) is 72.6 Å². The van der Waals surface area contributed by atoms with Gasteiger partial charge in [-0.2, -0.15) is 0 Å². The van der Waals surface area contributed by atoms with Crippen molar-refractivity contribution in [3.63, 3.8) is 0 Å². The van der Waals surface area contributed by atoms with Gasteiger partial charge in [0.05, 0.1) is 12.0 Å². The quantitative estimate of drug-likeness (QED) is 0.480. The third kappa shape index (κ3) is 3.99. The number of hydrogen-bond donors (Lipinski definition) is 1. The number of ether oxygens (including phenoxy) is 1. The molecule has 6 heteroatoms. The van der Waals surface area contributed by atoms with Crippen LogP contribution in [0.4, 0.5) is 11.4 Å². The Kier molecular flexibility index (Phi) is 5.95. The summed E-state index contributed by atoms with van der Waals surface area (Å²) in [4.78, 5) is 28.5. The summed E-state index contributed by atoms with van der Waals surface area (Å²) < 4.78 is 12.1. The zero-order chi connectivity index (χ0) is 23.9. The van der Waals surface area contributed by atoms with Crippen LogP contribution in [0.15, 0.2) is 34.7 Å². The number of benzene rings is 2. The topological polar surface area (TPSA) is 71.8 Å². The molecule has 0 aliphatic carbocycles. The molecule has 1 aliphatic rings. The Morgan fingerprint density at radius 3 is 2.48 bits per heavy atom. The van der Waals surface area contributed by atoms with Crippen LogP contribution in [0.25, 0.3) is 11.0 Å². The minimum absolute atomic E-state index is 0.0184. The van der Waals surface area contributed by atoms with Gasteiger partial charge in [-0.15, -0.1) is 0 Å². The highest BCUT2D eigenvalue weighted by atomic mass is 16.5. The highest BCUT2D eigenvalue weighted by molar-refractivity contribution is 6.15. The number of rotatable bonds is 6. The Morgan fingerprint density at radius 1 is 1.12 bits per heavy atom. The summed E-state index contributed by atoms with van der Waals surface area (Å²) in [5.74, 6) is 0.452. The molecule has 4 rings (SSSR count). The first-order chi connectivity index (χ1) is 15.7. The molecule has 1 aliphatic heterocycles. The van der Waals surface area contributed by atoms with Gasteiger partial charge in [-0.3, -0.25) is 9.59 Å². The Bertz CT molecular complexity index is 1240. The SMILES string of the molecule is CCN(CC)c1ccc(NC(=O)c2oc3ccc4c(c3c2C)C(=O)C[C@@](C)(CC)O4)c(C)c1. The molecule has 6 nitrogen and oxygen atoms in total. The summed E-state index contributed by atoms with van der Waals surface area (Å²) >= 11 is 0. The van der Waals surface area contributed by atoms with Gasteiger partial charge >= 0.3 is 0 Å². The monoisotopic (exact) mass is 448 g/mol. The number of carbonyl (C=O) groups is 2. The van der Waals surface area contributed by atoms with Crippen molar-refractivity contribution in [2.24, 2.45) is 0 Å². The molecule has 3 aromatic rings. The molecular formula is C27H32N2O4. The zero-order valence-corrected chi connectivity index (χ0v) is 20.3. The van der Waals surface area contributed by atoms with E-state index in [-0.39, 0.29) is 17.5 Å². The fraction of sp³-hybridized carbons (Fsp3) is 0.407. The molecule has 0 unspecified atom stereocenters. The molecule has 1 amide bonds. The molecular weight excluding hydrogens is 416 g/mol. The highest BCUT2D eigenvalue weighted by Crippen LogP contribution is 2.41. The van der Waals surface area contributed by atoms with E-state index in [2.05, 4.69) is 30.1 Å². The molecule has 2 aromatic carbocycles. The van der Waals surface area contributed by atoms with Gasteiger partial charge in [0.15, 0.2) is 11.5 Å². The first-order valence-corrected chi connectivity index (χ1v) is 11.7. The van der Waals surface area contributed by atoms with E-state index in [1.165, 1.54) is 0 Å². The maximum absolute atomic E-state index is 13.2. The Morgan fingerprint density at radius 2 is 1.85 bits per heavy atom. The molecule has 33 heavy (non-hydrogen) atoms. The van der Waals surface area contributed by atoms with Gasteiger partial charge in [-0.25, -0.2) is 0 Å². The Labute approximate surface area is 194 Å². The van der Waals surface area contributed by atoms with Gasteiger partial charge in [0, 0.05) is 35.4 Å². The van der Waals surface area contributed by atoms with Gasteiger partial charge in [0.25, 0.3) is 5.91 Å². The number of nitrogens with zero attached hydrogens (tertiary/aromatic N) is 1. The molecule has 0 fully saturated rings. The Balaban J connectivity index is 1.67. The van der Waals surface area contributed by atoms with E-state index in [1.54, 1.807) is 12.1 Å². The van der Waals surface area contributed by atoms with Crippen LogP contribution in [-0.2, 0) is 0 Å². The summed E-state index contributed by atoms with van der Waals surface area (Å²) in [6.07, 6.45) is 1.04. The lowest BCUT2D eigenvalue weighted by atomic mass is 9.87. The van der Waals surface area contributed by atoms with Crippen LogP contribution >= 0.6 is 0 Å². The number of nitrogens with one attached hydrogen (secondary N) is 1. The highest BCUT2D eigenvalue weighted by Gasteiger charge is 2.37. The van der Waals surface area contributed by atoms with Crippen molar-refractivity contribution in [1.82, 2.24) is 0 Å². The number of carbonyl (C=O) groups excluding carboxylic acids is 2.